The van der Waals surface area contributed by atoms with Gasteiger partial charge in [0.25, 0.3) is 5.56 Å². The second kappa shape index (κ2) is 6.45. The molecule has 0 radical (unpaired) electrons. The Morgan fingerprint density at radius 1 is 1.43 bits per heavy atom. The number of aromatic nitrogens is 2. The van der Waals surface area contributed by atoms with Crippen molar-refractivity contribution in [3.63, 3.8) is 0 Å². The lowest BCUT2D eigenvalue weighted by Gasteiger charge is -2.14. The van der Waals surface area contributed by atoms with Crippen LogP contribution in [-0.4, -0.2) is 33.5 Å². The molecular formula is C14H14N2O4S. The normalized spacial score (nSPS) is 10.4. The molecule has 0 saturated heterocycles. The van der Waals surface area contributed by atoms with Crippen molar-refractivity contribution in [1.29, 1.82) is 0 Å². The lowest BCUT2D eigenvalue weighted by atomic mass is 10.2. The first kappa shape index (κ1) is 15.1. The third kappa shape index (κ3) is 3.63. The number of rotatable bonds is 5. The highest BCUT2D eigenvalue weighted by Gasteiger charge is 2.10. The maximum absolute atomic E-state index is 11.4. The first-order chi connectivity index (χ1) is 10.0. The van der Waals surface area contributed by atoms with Crippen LogP contribution in [0, 0.1) is 6.92 Å². The Labute approximate surface area is 125 Å². The average Bonchev–Trinajstić information content (AvgIpc) is 2.45. The first-order valence-electron chi connectivity index (χ1n) is 6.10. The van der Waals surface area contributed by atoms with Gasteiger partial charge in [0.15, 0.2) is 5.16 Å². The van der Waals surface area contributed by atoms with Crippen molar-refractivity contribution >= 4 is 17.7 Å². The summed E-state index contributed by atoms with van der Waals surface area (Å²) in [7, 11) is 1.59. The Morgan fingerprint density at radius 3 is 2.81 bits per heavy atom. The van der Waals surface area contributed by atoms with E-state index in [0.717, 1.165) is 28.8 Å². The molecule has 0 amide bonds. The molecule has 0 bridgehead atoms. The quantitative estimate of drug-likeness (QED) is 0.669. The van der Waals surface area contributed by atoms with E-state index in [1.54, 1.807) is 23.9 Å². The number of nitrogens with zero attached hydrogens (tertiary/aromatic N) is 2. The maximum atomic E-state index is 11.4. The average molecular weight is 306 g/mol. The van der Waals surface area contributed by atoms with Gasteiger partial charge >= 0.3 is 5.97 Å². The number of carbonyl (C=O) groups is 1. The zero-order valence-electron chi connectivity index (χ0n) is 11.6. The SMILES string of the molecule is COc1ccc(-n2ccc(=O)nc2SCC(=O)O)c(C)c1. The van der Waals surface area contributed by atoms with Gasteiger partial charge in [-0.2, -0.15) is 4.98 Å². The highest BCUT2D eigenvalue weighted by atomic mass is 32.2. The molecule has 2 aromatic rings. The molecule has 1 aromatic carbocycles. The summed E-state index contributed by atoms with van der Waals surface area (Å²) in [6, 6.07) is 6.84. The van der Waals surface area contributed by atoms with E-state index in [1.807, 2.05) is 19.1 Å². The topological polar surface area (TPSA) is 81.4 Å². The summed E-state index contributed by atoms with van der Waals surface area (Å²) >= 11 is 1.00. The molecule has 0 aliphatic rings. The Bertz CT molecular complexity index is 727. The van der Waals surface area contributed by atoms with E-state index in [0.29, 0.717) is 5.16 Å². The van der Waals surface area contributed by atoms with Crippen molar-refractivity contribution in [1.82, 2.24) is 9.55 Å². The minimum Gasteiger partial charge on any atom is -0.497 e. The van der Waals surface area contributed by atoms with Crippen LogP contribution in [0.4, 0.5) is 0 Å². The smallest absolute Gasteiger partial charge is 0.313 e. The lowest BCUT2D eigenvalue weighted by Crippen LogP contribution is -2.13. The van der Waals surface area contributed by atoms with Crippen LogP contribution in [0.3, 0.4) is 0 Å². The number of ether oxygens (including phenoxy) is 1. The standard InChI is InChI=1S/C14H14N2O4S/c1-9-7-10(20-2)3-4-11(9)16-6-5-12(17)15-14(16)21-8-13(18)19/h3-7H,8H2,1-2H3,(H,18,19). The van der Waals surface area contributed by atoms with Crippen molar-refractivity contribution in [2.24, 2.45) is 0 Å². The van der Waals surface area contributed by atoms with Gasteiger partial charge in [0.05, 0.1) is 18.6 Å². The van der Waals surface area contributed by atoms with Gasteiger partial charge in [-0.1, -0.05) is 11.8 Å². The number of aryl methyl sites for hydroxylation is 1. The Kier molecular flexibility index (Phi) is 4.64. The first-order valence-corrected chi connectivity index (χ1v) is 7.09. The molecule has 0 spiro atoms. The predicted octanol–water partition coefficient (Wildman–Crippen LogP) is 1.73. The van der Waals surface area contributed by atoms with Crippen LogP contribution in [0.2, 0.25) is 0 Å². The monoisotopic (exact) mass is 306 g/mol. The molecule has 2 rings (SSSR count). The Balaban J connectivity index is 2.47. The fourth-order valence-electron chi connectivity index (χ4n) is 1.82. The van der Waals surface area contributed by atoms with Gasteiger partial charge in [0.2, 0.25) is 0 Å². The summed E-state index contributed by atoms with van der Waals surface area (Å²) in [4.78, 5) is 26.0. The van der Waals surface area contributed by atoms with Gasteiger partial charge in [-0.25, -0.2) is 0 Å². The van der Waals surface area contributed by atoms with Gasteiger partial charge < -0.3 is 9.84 Å². The molecule has 110 valence electrons. The molecule has 1 aromatic heterocycles. The van der Waals surface area contributed by atoms with Gasteiger partial charge in [0.1, 0.15) is 5.75 Å². The largest absolute Gasteiger partial charge is 0.497 e. The van der Waals surface area contributed by atoms with E-state index >= 15 is 0 Å². The second-order valence-electron chi connectivity index (χ2n) is 4.25. The van der Waals surface area contributed by atoms with Gasteiger partial charge in [-0.05, 0) is 30.7 Å². The van der Waals surface area contributed by atoms with Crippen molar-refractivity contribution in [3.8, 4) is 11.4 Å². The molecule has 7 heteroatoms. The van der Waals surface area contributed by atoms with Gasteiger partial charge in [0, 0.05) is 12.3 Å². The maximum Gasteiger partial charge on any atom is 0.313 e. The van der Waals surface area contributed by atoms with Crippen molar-refractivity contribution in [2.45, 2.75) is 12.1 Å². The summed E-state index contributed by atoms with van der Waals surface area (Å²) in [6.45, 7) is 1.90. The van der Waals surface area contributed by atoms with Crippen LogP contribution in [0.25, 0.3) is 5.69 Å². The highest BCUT2D eigenvalue weighted by Crippen LogP contribution is 2.24. The third-order valence-corrected chi connectivity index (χ3v) is 3.70. The van der Waals surface area contributed by atoms with Crippen molar-refractivity contribution in [2.75, 3.05) is 12.9 Å². The number of aliphatic carboxylic acids is 1. The summed E-state index contributed by atoms with van der Waals surface area (Å²) < 4.78 is 6.85. The fraction of sp³-hybridized carbons (Fsp3) is 0.214. The number of hydrogen-bond donors (Lipinski definition) is 1. The minimum atomic E-state index is -0.962. The fourth-order valence-corrected chi connectivity index (χ4v) is 2.53. The van der Waals surface area contributed by atoms with E-state index in [1.165, 1.54) is 6.07 Å². The lowest BCUT2D eigenvalue weighted by molar-refractivity contribution is -0.133. The molecule has 6 nitrogen and oxygen atoms in total. The van der Waals surface area contributed by atoms with Crippen molar-refractivity contribution < 1.29 is 14.6 Å². The van der Waals surface area contributed by atoms with Gasteiger partial charge in [-0.15, -0.1) is 0 Å². The molecule has 0 fully saturated rings. The summed E-state index contributed by atoms with van der Waals surface area (Å²) in [6.07, 6.45) is 1.59. The number of methoxy groups -OCH3 is 1. The zero-order valence-corrected chi connectivity index (χ0v) is 12.4. The second-order valence-corrected chi connectivity index (χ2v) is 5.20. The van der Waals surface area contributed by atoms with E-state index in [-0.39, 0.29) is 5.75 Å². The molecule has 1 N–H and O–H groups in total. The predicted molar refractivity (Wildman–Crippen MR) is 79.5 cm³/mol. The summed E-state index contributed by atoms with van der Waals surface area (Å²) in [5, 5.41) is 9.12. The number of benzene rings is 1. The van der Waals surface area contributed by atoms with Crippen LogP contribution >= 0.6 is 11.8 Å². The molecule has 0 saturated carbocycles. The van der Waals surface area contributed by atoms with Crippen molar-refractivity contribution in [3.05, 3.63) is 46.4 Å². The molecular weight excluding hydrogens is 292 g/mol. The summed E-state index contributed by atoms with van der Waals surface area (Å²) in [5.74, 6) is -0.396. The van der Waals surface area contributed by atoms with E-state index in [4.69, 9.17) is 9.84 Å². The minimum absolute atomic E-state index is 0.161. The molecule has 0 atom stereocenters. The van der Waals surface area contributed by atoms with Gasteiger partial charge in [-0.3, -0.25) is 14.2 Å². The molecule has 1 heterocycles. The molecule has 0 unspecified atom stereocenters. The number of carboxylic acid groups (broad SMARTS) is 1. The van der Waals surface area contributed by atoms with Crippen LogP contribution in [0.15, 0.2) is 40.4 Å². The number of thioether (sulfide) groups is 1. The number of carboxylic acids is 1. The van der Waals surface area contributed by atoms with E-state index in [2.05, 4.69) is 4.98 Å². The van der Waals surface area contributed by atoms with Crippen LogP contribution in [0.5, 0.6) is 5.75 Å². The Morgan fingerprint density at radius 2 is 2.19 bits per heavy atom. The van der Waals surface area contributed by atoms with Crippen LogP contribution in [0.1, 0.15) is 5.56 Å². The summed E-state index contributed by atoms with van der Waals surface area (Å²) in [5.41, 5.74) is 1.35. The molecule has 0 aliphatic carbocycles. The molecule has 0 aliphatic heterocycles. The number of hydrogen-bond acceptors (Lipinski definition) is 5. The molecule has 21 heavy (non-hydrogen) atoms. The zero-order chi connectivity index (χ0) is 15.4. The van der Waals surface area contributed by atoms with Crippen LogP contribution in [-0.2, 0) is 4.79 Å². The van der Waals surface area contributed by atoms with E-state index in [9.17, 15) is 9.59 Å². The Hall–Kier alpha value is -2.28. The van der Waals surface area contributed by atoms with Crippen LogP contribution < -0.4 is 10.3 Å². The third-order valence-electron chi connectivity index (χ3n) is 2.77. The van der Waals surface area contributed by atoms with E-state index < -0.39 is 11.5 Å². The highest BCUT2D eigenvalue weighted by molar-refractivity contribution is 7.99.